The molecule has 0 aliphatic heterocycles. The van der Waals surface area contributed by atoms with Crippen molar-refractivity contribution in [2.45, 2.75) is 45.3 Å². The Morgan fingerprint density at radius 3 is 2.42 bits per heavy atom. The highest BCUT2D eigenvalue weighted by atomic mass is 19.4. The van der Waals surface area contributed by atoms with Gasteiger partial charge in [0.1, 0.15) is 0 Å². The Hall–Kier alpha value is -2.71. The fourth-order valence-corrected chi connectivity index (χ4v) is 3.16. The summed E-state index contributed by atoms with van der Waals surface area (Å²) >= 11 is 0. The van der Waals surface area contributed by atoms with Gasteiger partial charge >= 0.3 is 6.18 Å². The van der Waals surface area contributed by atoms with Crippen molar-refractivity contribution >= 4 is 5.91 Å². The topological polar surface area (TPSA) is 87.7 Å². The summed E-state index contributed by atoms with van der Waals surface area (Å²) in [6.07, 6.45) is 0.655. The molecule has 0 atom stereocenters. The van der Waals surface area contributed by atoms with Crippen LogP contribution in [-0.2, 0) is 25.6 Å². The van der Waals surface area contributed by atoms with Crippen molar-refractivity contribution in [3.8, 4) is 0 Å². The number of H-pyrrole nitrogens is 1. The highest BCUT2D eigenvalue weighted by molar-refractivity contribution is 5.93. The minimum Gasteiger partial charge on any atom is -0.348 e. The molecule has 0 radical (unpaired) electrons. The lowest BCUT2D eigenvalue weighted by atomic mass is 9.88. The summed E-state index contributed by atoms with van der Waals surface area (Å²) in [6.45, 7) is 1.85. The summed E-state index contributed by atoms with van der Waals surface area (Å²) in [5, 5.41) is 2.56. The number of fused-ring (bicyclic) bond motifs is 1. The van der Waals surface area contributed by atoms with E-state index >= 15 is 0 Å². The van der Waals surface area contributed by atoms with Crippen LogP contribution in [0, 0.1) is 6.92 Å². The average Bonchev–Trinajstić information content (AvgIpc) is 2.60. The zero-order valence-corrected chi connectivity index (χ0v) is 14.0. The van der Waals surface area contributed by atoms with Gasteiger partial charge in [0.2, 0.25) is 5.82 Å². The van der Waals surface area contributed by atoms with Crippen LogP contribution < -0.4 is 10.9 Å². The molecule has 0 bridgehead atoms. The zero-order chi connectivity index (χ0) is 18.9. The van der Waals surface area contributed by atoms with Crippen molar-refractivity contribution < 1.29 is 18.0 Å². The first-order chi connectivity index (χ1) is 12.3. The predicted molar refractivity (Wildman–Crippen MR) is 86.6 cm³/mol. The van der Waals surface area contributed by atoms with E-state index in [1.165, 1.54) is 0 Å². The van der Waals surface area contributed by atoms with Crippen LogP contribution in [0.2, 0.25) is 0 Å². The first kappa shape index (κ1) is 18.1. The first-order valence-corrected chi connectivity index (χ1v) is 8.18. The average molecular weight is 366 g/mol. The molecule has 138 valence electrons. The molecule has 2 heterocycles. The van der Waals surface area contributed by atoms with Gasteiger partial charge in [-0.15, -0.1) is 0 Å². The van der Waals surface area contributed by atoms with E-state index in [-0.39, 0.29) is 17.7 Å². The van der Waals surface area contributed by atoms with Crippen LogP contribution in [0.1, 0.15) is 51.4 Å². The minimum absolute atomic E-state index is 0.00218. The van der Waals surface area contributed by atoms with Gasteiger partial charge in [0.05, 0.1) is 5.56 Å². The van der Waals surface area contributed by atoms with Crippen LogP contribution in [0.5, 0.6) is 0 Å². The molecule has 2 aromatic heterocycles. The van der Waals surface area contributed by atoms with Gasteiger partial charge in [-0.1, -0.05) is 0 Å². The second-order valence-corrected chi connectivity index (χ2v) is 6.20. The van der Waals surface area contributed by atoms with Gasteiger partial charge in [0.25, 0.3) is 11.5 Å². The lowest BCUT2D eigenvalue weighted by Gasteiger charge is -2.21. The lowest BCUT2D eigenvalue weighted by molar-refractivity contribution is -0.145. The molecule has 3 rings (SSSR count). The molecule has 2 aromatic rings. The van der Waals surface area contributed by atoms with Crippen LogP contribution in [0.4, 0.5) is 13.2 Å². The Balaban J connectivity index is 1.77. The number of pyridine rings is 1. The van der Waals surface area contributed by atoms with Gasteiger partial charge in [-0.2, -0.15) is 13.2 Å². The largest absolute Gasteiger partial charge is 0.451 e. The predicted octanol–water partition coefficient (Wildman–Crippen LogP) is 2.30. The Kier molecular flexibility index (Phi) is 4.80. The van der Waals surface area contributed by atoms with Crippen molar-refractivity contribution in [2.24, 2.45) is 0 Å². The number of aryl methyl sites for hydroxylation is 1. The maximum atomic E-state index is 12.5. The lowest BCUT2D eigenvalue weighted by Crippen LogP contribution is -2.30. The summed E-state index contributed by atoms with van der Waals surface area (Å²) in [5.41, 5.74) is 3.05. The van der Waals surface area contributed by atoms with Gasteiger partial charge < -0.3 is 10.3 Å². The fraction of sp³-hybridized carbons (Fsp3) is 0.412. The summed E-state index contributed by atoms with van der Waals surface area (Å²) < 4.78 is 37.4. The van der Waals surface area contributed by atoms with Crippen LogP contribution >= 0.6 is 0 Å². The molecule has 26 heavy (non-hydrogen) atoms. The summed E-state index contributed by atoms with van der Waals surface area (Å²) in [7, 11) is 0. The van der Waals surface area contributed by atoms with Crippen LogP contribution in [0.15, 0.2) is 17.2 Å². The van der Waals surface area contributed by atoms with Crippen molar-refractivity contribution in [2.75, 3.05) is 0 Å². The van der Waals surface area contributed by atoms with E-state index < -0.39 is 17.9 Å². The molecule has 1 aliphatic rings. The van der Waals surface area contributed by atoms with Crippen LogP contribution in [0.25, 0.3) is 0 Å². The van der Waals surface area contributed by atoms with E-state index in [1.54, 1.807) is 0 Å². The maximum Gasteiger partial charge on any atom is 0.451 e. The zero-order valence-electron chi connectivity index (χ0n) is 14.0. The minimum atomic E-state index is -4.66. The molecule has 1 aliphatic carbocycles. The van der Waals surface area contributed by atoms with E-state index in [4.69, 9.17) is 0 Å². The smallest absolute Gasteiger partial charge is 0.348 e. The van der Waals surface area contributed by atoms with Crippen LogP contribution in [0.3, 0.4) is 0 Å². The highest BCUT2D eigenvalue weighted by Crippen LogP contribution is 2.26. The van der Waals surface area contributed by atoms with Crippen molar-refractivity contribution in [1.29, 1.82) is 0 Å². The summed E-state index contributed by atoms with van der Waals surface area (Å²) in [6, 6.07) is 0. The molecule has 0 saturated carbocycles. The van der Waals surface area contributed by atoms with Crippen LogP contribution in [-0.4, -0.2) is 20.9 Å². The summed E-state index contributed by atoms with van der Waals surface area (Å²) in [5.74, 6) is -1.94. The second-order valence-electron chi connectivity index (χ2n) is 6.20. The Bertz CT molecular complexity index is 889. The number of hydrogen-bond donors (Lipinski definition) is 2. The number of nitrogens with one attached hydrogen (secondary N) is 2. The molecule has 0 fully saturated rings. The highest BCUT2D eigenvalue weighted by Gasteiger charge is 2.34. The normalized spacial score (nSPS) is 14.0. The molecular formula is C17H17F3N4O2. The van der Waals surface area contributed by atoms with Gasteiger partial charge in [0.15, 0.2) is 0 Å². The number of rotatable bonds is 3. The van der Waals surface area contributed by atoms with Gasteiger partial charge in [0, 0.05) is 30.2 Å². The van der Waals surface area contributed by atoms with Crippen molar-refractivity contribution in [1.82, 2.24) is 20.3 Å². The molecule has 9 heteroatoms. The van der Waals surface area contributed by atoms with E-state index in [9.17, 15) is 22.8 Å². The standard InChI is InChI=1S/C17H17F3N4O2/c1-9-11-4-2-3-5-12(11)13(15(26)24-9)8-21-14(25)10-6-22-16(23-7-10)17(18,19)20/h6-7H,2-5,8H2,1H3,(H,21,25)(H,24,26). The number of amides is 1. The molecule has 0 unspecified atom stereocenters. The Morgan fingerprint density at radius 1 is 1.19 bits per heavy atom. The van der Waals surface area contributed by atoms with E-state index in [0.717, 1.165) is 54.9 Å². The third-order valence-corrected chi connectivity index (χ3v) is 4.45. The number of hydrogen-bond acceptors (Lipinski definition) is 4. The number of nitrogens with zero attached hydrogens (tertiary/aromatic N) is 2. The summed E-state index contributed by atoms with van der Waals surface area (Å²) in [4.78, 5) is 33.5. The Morgan fingerprint density at radius 2 is 1.81 bits per heavy atom. The second kappa shape index (κ2) is 6.89. The third-order valence-electron chi connectivity index (χ3n) is 4.45. The number of aromatic amines is 1. The Labute approximate surface area is 146 Å². The molecule has 6 nitrogen and oxygen atoms in total. The van der Waals surface area contributed by atoms with Crippen molar-refractivity contribution in [3.63, 3.8) is 0 Å². The third kappa shape index (κ3) is 3.61. The first-order valence-electron chi connectivity index (χ1n) is 8.18. The van der Waals surface area contributed by atoms with E-state index in [1.807, 2.05) is 6.92 Å². The van der Waals surface area contributed by atoms with Gasteiger partial charge in [-0.25, -0.2) is 9.97 Å². The SMILES string of the molecule is Cc1[nH]c(=O)c(CNC(=O)c2cnc(C(F)(F)F)nc2)c2c1CCCC2. The molecule has 0 aromatic carbocycles. The quantitative estimate of drug-likeness (QED) is 0.873. The van der Waals surface area contributed by atoms with E-state index in [0.29, 0.717) is 5.56 Å². The number of alkyl halides is 3. The molecule has 0 saturated heterocycles. The molecular weight excluding hydrogens is 349 g/mol. The van der Waals surface area contributed by atoms with Gasteiger partial charge in [-0.05, 0) is 43.7 Å². The number of carbonyl (C=O) groups excluding carboxylic acids is 1. The monoisotopic (exact) mass is 366 g/mol. The van der Waals surface area contributed by atoms with E-state index in [2.05, 4.69) is 20.3 Å². The fourth-order valence-electron chi connectivity index (χ4n) is 3.16. The maximum absolute atomic E-state index is 12.5. The van der Waals surface area contributed by atoms with Crippen molar-refractivity contribution in [3.05, 3.63) is 56.5 Å². The number of aromatic nitrogens is 3. The molecule has 0 spiro atoms. The molecule has 2 N–H and O–H groups in total. The number of halogens is 3. The molecule has 1 amide bonds. The number of carbonyl (C=O) groups is 1. The van der Waals surface area contributed by atoms with Gasteiger partial charge in [-0.3, -0.25) is 9.59 Å².